The lowest BCUT2D eigenvalue weighted by Crippen LogP contribution is -2.00. The maximum atomic E-state index is 13.8. The van der Waals surface area contributed by atoms with E-state index in [1.165, 1.54) is 30.5 Å². The van der Waals surface area contributed by atoms with Crippen molar-refractivity contribution in [2.45, 2.75) is 32.3 Å². The maximum Gasteiger partial charge on any atom is 0.136 e. The van der Waals surface area contributed by atoms with Crippen molar-refractivity contribution in [2.75, 3.05) is 0 Å². The Morgan fingerprint density at radius 1 is 1.15 bits per heavy atom. The van der Waals surface area contributed by atoms with E-state index in [0.29, 0.717) is 11.5 Å². The van der Waals surface area contributed by atoms with Crippen LogP contribution in [0.25, 0.3) is 0 Å². The Balaban J connectivity index is 1.93. The first-order valence-electron chi connectivity index (χ1n) is 6.91. The molecule has 3 rings (SSSR count). The van der Waals surface area contributed by atoms with Crippen LogP contribution in [0.4, 0.5) is 4.39 Å². The summed E-state index contributed by atoms with van der Waals surface area (Å²) in [6.07, 6.45) is 2.46. The van der Waals surface area contributed by atoms with Crippen LogP contribution in [-0.4, -0.2) is 5.11 Å². The lowest BCUT2D eigenvalue weighted by molar-refractivity contribution is 0.190. The molecule has 0 heterocycles. The van der Waals surface area contributed by atoms with Crippen molar-refractivity contribution >= 4 is 0 Å². The quantitative estimate of drug-likeness (QED) is 0.909. The van der Waals surface area contributed by atoms with Crippen molar-refractivity contribution in [3.63, 3.8) is 0 Å². The first-order valence-corrected chi connectivity index (χ1v) is 6.91. The van der Waals surface area contributed by atoms with E-state index >= 15 is 0 Å². The second-order valence-corrected chi connectivity index (χ2v) is 5.21. The van der Waals surface area contributed by atoms with Crippen LogP contribution in [0.5, 0.6) is 11.5 Å². The van der Waals surface area contributed by atoms with Gasteiger partial charge in [0, 0.05) is 0 Å². The van der Waals surface area contributed by atoms with E-state index in [1.807, 2.05) is 12.1 Å². The number of rotatable bonds is 3. The van der Waals surface area contributed by atoms with Gasteiger partial charge in [0.2, 0.25) is 0 Å². The van der Waals surface area contributed by atoms with Gasteiger partial charge >= 0.3 is 0 Å². The average Bonchev–Trinajstić information content (AvgIpc) is 2.85. The standard InChI is InChI=1S/C17H17FO2/c1-11(19)17-15(18)6-3-7-16(17)20-14-9-8-12-4-2-5-13(12)10-14/h3,6-11,19H,2,4-5H2,1H3. The van der Waals surface area contributed by atoms with Gasteiger partial charge in [-0.25, -0.2) is 4.39 Å². The molecule has 0 aliphatic heterocycles. The van der Waals surface area contributed by atoms with Crippen molar-refractivity contribution in [2.24, 2.45) is 0 Å². The van der Waals surface area contributed by atoms with Crippen LogP contribution < -0.4 is 4.74 Å². The molecule has 1 aliphatic carbocycles. The molecule has 1 atom stereocenters. The van der Waals surface area contributed by atoms with E-state index in [9.17, 15) is 9.50 Å². The Morgan fingerprint density at radius 2 is 1.95 bits per heavy atom. The highest BCUT2D eigenvalue weighted by Crippen LogP contribution is 2.33. The summed E-state index contributed by atoms with van der Waals surface area (Å²) in [7, 11) is 0. The van der Waals surface area contributed by atoms with Crippen LogP contribution in [0.3, 0.4) is 0 Å². The molecule has 20 heavy (non-hydrogen) atoms. The molecule has 2 nitrogen and oxygen atoms in total. The zero-order valence-corrected chi connectivity index (χ0v) is 11.4. The third kappa shape index (κ3) is 2.41. The van der Waals surface area contributed by atoms with Crippen LogP contribution in [0.15, 0.2) is 36.4 Å². The summed E-state index contributed by atoms with van der Waals surface area (Å²) in [5, 5.41) is 9.70. The molecule has 0 saturated heterocycles. The van der Waals surface area contributed by atoms with Crippen LogP contribution in [0.1, 0.15) is 36.1 Å². The molecule has 0 radical (unpaired) electrons. The first kappa shape index (κ1) is 13.1. The van der Waals surface area contributed by atoms with Crippen molar-refractivity contribution in [3.8, 4) is 11.5 Å². The molecule has 0 fully saturated rings. The third-order valence-corrected chi connectivity index (χ3v) is 3.73. The number of halogens is 1. The van der Waals surface area contributed by atoms with Gasteiger partial charge in [-0.1, -0.05) is 12.1 Å². The van der Waals surface area contributed by atoms with Gasteiger partial charge in [0.05, 0.1) is 11.7 Å². The van der Waals surface area contributed by atoms with E-state index in [2.05, 4.69) is 6.07 Å². The molecule has 1 unspecified atom stereocenters. The minimum atomic E-state index is -0.902. The predicted molar refractivity (Wildman–Crippen MR) is 75.6 cm³/mol. The lowest BCUT2D eigenvalue weighted by atomic mass is 10.1. The number of hydrogen-bond acceptors (Lipinski definition) is 2. The highest BCUT2D eigenvalue weighted by atomic mass is 19.1. The highest BCUT2D eigenvalue weighted by Gasteiger charge is 2.16. The molecule has 2 aromatic carbocycles. The van der Waals surface area contributed by atoms with Gasteiger partial charge < -0.3 is 9.84 Å². The molecule has 0 bridgehead atoms. The van der Waals surface area contributed by atoms with Crippen LogP contribution in [0, 0.1) is 5.82 Å². The van der Waals surface area contributed by atoms with Gasteiger partial charge in [-0.05, 0) is 61.6 Å². The molecule has 0 amide bonds. The topological polar surface area (TPSA) is 29.5 Å². The number of benzene rings is 2. The Bertz CT molecular complexity index is 635. The van der Waals surface area contributed by atoms with Gasteiger partial charge in [-0.3, -0.25) is 0 Å². The molecule has 2 aromatic rings. The van der Waals surface area contributed by atoms with Crippen molar-refractivity contribution in [3.05, 3.63) is 58.9 Å². The van der Waals surface area contributed by atoms with Gasteiger partial charge in [-0.15, -0.1) is 0 Å². The summed E-state index contributed by atoms with van der Waals surface area (Å²) in [5.74, 6) is 0.620. The second kappa shape index (κ2) is 5.25. The molecule has 1 aliphatic rings. The smallest absolute Gasteiger partial charge is 0.136 e. The fraction of sp³-hybridized carbons (Fsp3) is 0.294. The number of fused-ring (bicyclic) bond motifs is 1. The molecule has 1 N–H and O–H groups in total. The maximum absolute atomic E-state index is 13.8. The summed E-state index contributed by atoms with van der Waals surface area (Å²) in [5.41, 5.74) is 2.87. The monoisotopic (exact) mass is 272 g/mol. The zero-order valence-electron chi connectivity index (χ0n) is 11.4. The molecular formula is C17H17FO2. The van der Waals surface area contributed by atoms with Crippen LogP contribution in [-0.2, 0) is 12.8 Å². The Labute approximate surface area is 117 Å². The molecule has 0 aromatic heterocycles. The average molecular weight is 272 g/mol. The number of aryl methyl sites for hydroxylation is 2. The summed E-state index contributed by atoms with van der Waals surface area (Å²) in [6.45, 7) is 1.54. The Hall–Kier alpha value is -1.87. The largest absolute Gasteiger partial charge is 0.457 e. The van der Waals surface area contributed by atoms with Gasteiger partial charge in [0.1, 0.15) is 17.3 Å². The molecule has 0 spiro atoms. The minimum Gasteiger partial charge on any atom is -0.457 e. The molecule has 0 saturated carbocycles. The van der Waals surface area contributed by atoms with Crippen molar-refractivity contribution in [1.29, 1.82) is 0 Å². The van der Waals surface area contributed by atoms with Crippen LogP contribution in [0.2, 0.25) is 0 Å². The molecular weight excluding hydrogens is 255 g/mol. The number of ether oxygens (including phenoxy) is 1. The first-order chi connectivity index (χ1) is 9.65. The van der Waals surface area contributed by atoms with E-state index in [1.54, 1.807) is 12.1 Å². The van der Waals surface area contributed by atoms with E-state index in [4.69, 9.17) is 4.74 Å². The minimum absolute atomic E-state index is 0.202. The highest BCUT2D eigenvalue weighted by molar-refractivity contribution is 5.43. The fourth-order valence-electron chi connectivity index (χ4n) is 2.75. The molecule has 3 heteroatoms. The van der Waals surface area contributed by atoms with Crippen molar-refractivity contribution in [1.82, 2.24) is 0 Å². The van der Waals surface area contributed by atoms with Crippen molar-refractivity contribution < 1.29 is 14.2 Å². The van der Waals surface area contributed by atoms with E-state index < -0.39 is 11.9 Å². The summed E-state index contributed by atoms with van der Waals surface area (Å²) in [6, 6.07) is 10.6. The second-order valence-electron chi connectivity index (χ2n) is 5.21. The van der Waals surface area contributed by atoms with Crippen LogP contribution >= 0.6 is 0 Å². The van der Waals surface area contributed by atoms with Gasteiger partial charge in [0.25, 0.3) is 0 Å². The van der Waals surface area contributed by atoms with Gasteiger partial charge in [0.15, 0.2) is 0 Å². The summed E-state index contributed by atoms with van der Waals surface area (Å²) < 4.78 is 19.6. The summed E-state index contributed by atoms with van der Waals surface area (Å²) in [4.78, 5) is 0. The third-order valence-electron chi connectivity index (χ3n) is 3.73. The molecule has 104 valence electrons. The number of aliphatic hydroxyl groups is 1. The van der Waals surface area contributed by atoms with E-state index in [-0.39, 0.29) is 5.56 Å². The Kier molecular flexibility index (Phi) is 3.45. The van der Waals surface area contributed by atoms with E-state index in [0.717, 1.165) is 12.8 Å². The summed E-state index contributed by atoms with van der Waals surface area (Å²) >= 11 is 0. The predicted octanol–water partition coefficient (Wildman–Crippen LogP) is 4.16. The fourth-order valence-corrected chi connectivity index (χ4v) is 2.75. The number of aliphatic hydroxyl groups excluding tert-OH is 1. The lowest BCUT2D eigenvalue weighted by Gasteiger charge is -2.14. The SMILES string of the molecule is CC(O)c1c(F)cccc1Oc1ccc2c(c1)CCC2. The van der Waals surface area contributed by atoms with Gasteiger partial charge in [-0.2, -0.15) is 0 Å². The zero-order chi connectivity index (χ0) is 14.1. The number of hydrogen-bond donors (Lipinski definition) is 1. The Morgan fingerprint density at radius 3 is 2.75 bits per heavy atom. The normalized spacial score (nSPS) is 14.9.